The van der Waals surface area contributed by atoms with Crippen molar-refractivity contribution in [1.29, 1.82) is 0 Å². The zero-order valence-electron chi connectivity index (χ0n) is 6.97. The van der Waals surface area contributed by atoms with Crippen molar-refractivity contribution in [1.82, 2.24) is 0 Å². The maximum Gasteiger partial charge on any atom is 0.174 e. The van der Waals surface area contributed by atoms with Gasteiger partial charge in [0.1, 0.15) is 5.82 Å². The fourth-order valence-electron chi connectivity index (χ4n) is 0.945. The summed E-state index contributed by atoms with van der Waals surface area (Å²) < 4.78 is 13.0. The number of benzene rings is 1. The Balaban J connectivity index is 3.23. The van der Waals surface area contributed by atoms with Crippen LogP contribution < -0.4 is 0 Å². The minimum Gasteiger partial charge on any atom is -0.293 e. The second-order valence-electron chi connectivity index (χ2n) is 2.66. The zero-order valence-corrected chi connectivity index (χ0v) is 8.62. The van der Waals surface area contributed by atoms with E-state index in [-0.39, 0.29) is 22.1 Å². The molecule has 0 heterocycles. The highest BCUT2D eigenvalue weighted by molar-refractivity contribution is 7.81. The van der Waals surface area contributed by atoms with E-state index in [1.54, 1.807) is 6.92 Å². The van der Waals surface area contributed by atoms with Crippen LogP contribution in [0.25, 0.3) is 0 Å². The van der Waals surface area contributed by atoms with Crippen molar-refractivity contribution >= 4 is 30.0 Å². The molecule has 1 aromatic carbocycles. The first-order chi connectivity index (χ1) is 6.06. The Bertz CT molecular complexity index is 352. The van der Waals surface area contributed by atoms with Gasteiger partial charge in [0.25, 0.3) is 0 Å². The number of hydrogen-bond acceptors (Lipinski definition) is 2. The molecule has 0 fully saturated rings. The Morgan fingerprint density at radius 3 is 2.77 bits per heavy atom. The van der Waals surface area contributed by atoms with Gasteiger partial charge in [-0.2, -0.15) is 12.6 Å². The SMILES string of the molecule is Cc1cc(Cl)c(C(=O)CS)cc1F. The second kappa shape index (κ2) is 4.11. The third kappa shape index (κ3) is 2.23. The van der Waals surface area contributed by atoms with Gasteiger partial charge >= 0.3 is 0 Å². The number of rotatable bonds is 2. The van der Waals surface area contributed by atoms with Crippen molar-refractivity contribution in [2.24, 2.45) is 0 Å². The van der Waals surface area contributed by atoms with Gasteiger partial charge in [0, 0.05) is 5.56 Å². The number of halogens is 2. The molecule has 1 nitrogen and oxygen atoms in total. The minimum absolute atomic E-state index is 0.0300. The van der Waals surface area contributed by atoms with E-state index in [1.807, 2.05) is 0 Å². The van der Waals surface area contributed by atoms with E-state index in [1.165, 1.54) is 6.07 Å². The molecule has 0 aliphatic rings. The molecule has 0 aliphatic heterocycles. The van der Waals surface area contributed by atoms with Gasteiger partial charge in [-0.25, -0.2) is 4.39 Å². The highest BCUT2D eigenvalue weighted by atomic mass is 35.5. The molecular weight excluding hydrogens is 211 g/mol. The van der Waals surface area contributed by atoms with Gasteiger partial charge in [0.2, 0.25) is 0 Å². The van der Waals surface area contributed by atoms with Crippen LogP contribution in [0.1, 0.15) is 15.9 Å². The molecule has 0 atom stereocenters. The van der Waals surface area contributed by atoms with E-state index in [0.29, 0.717) is 5.56 Å². The van der Waals surface area contributed by atoms with Crippen LogP contribution in [-0.2, 0) is 0 Å². The molecule has 0 aliphatic carbocycles. The van der Waals surface area contributed by atoms with E-state index >= 15 is 0 Å². The average molecular weight is 219 g/mol. The van der Waals surface area contributed by atoms with Gasteiger partial charge in [-0.15, -0.1) is 0 Å². The summed E-state index contributed by atoms with van der Waals surface area (Å²) in [6, 6.07) is 2.59. The molecule has 0 N–H and O–H groups in total. The summed E-state index contributed by atoms with van der Waals surface area (Å²) >= 11 is 9.56. The molecule has 0 bridgehead atoms. The summed E-state index contributed by atoms with van der Waals surface area (Å²) in [4.78, 5) is 11.2. The average Bonchev–Trinajstić information content (AvgIpc) is 2.10. The molecule has 1 rings (SSSR count). The van der Waals surface area contributed by atoms with Crippen LogP contribution in [0.2, 0.25) is 5.02 Å². The van der Waals surface area contributed by atoms with E-state index in [2.05, 4.69) is 12.6 Å². The standard InChI is InChI=1S/C9H8ClFOS/c1-5-2-7(10)6(3-8(5)11)9(12)4-13/h2-3,13H,4H2,1H3. The Hall–Kier alpha value is -0.540. The molecule has 0 radical (unpaired) electrons. The van der Waals surface area contributed by atoms with E-state index in [9.17, 15) is 9.18 Å². The van der Waals surface area contributed by atoms with Crippen molar-refractivity contribution < 1.29 is 9.18 Å². The number of ketones is 1. The lowest BCUT2D eigenvalue weighted by Crippen LogP contribution is -2.02. The Kier molecular flexibility index (Phi) is 3.33. The molecule has 0 aromatic heterocycles. The Morgan fingerprint density at radius 2 is 2.23 bits per heavy atom. The molecule has 1 aromatic rings. The van der Waals surface area contributed by atoms with Gasteiger partial charge in [0.05, 0.1) is 10.8 Å². The lowest BCUT2D eigenvalue weighted by molar-refractivity contribution is 0.102. The van der Waals surface area contributed by atoms with Crippen molar-refractivity contribution in [3.05, 3.63) is 34.1 Å². The van der Waals surface area contributed by atoms with Crippen LogP contribution in [0.4, 0.5) is 4.39 Å². The lowest BCUT2D eigenvalue weighted by Gasteiger charge is -2.03. The topological polar surface area (TPSA) is 17.1 Å². The lowest BCUT2D eigenvalue weighted by atomic mass is 10.1. The van der Waals surface area contributed by atoms with Crippen LogP contribution in [0.5, 0.6) is 0 Å². The Morgan fingerprint density at radius 1 is 1.62 bits per heavy atom. The monoisotopic (exact) mass is 218 g/mol. The predicted molar refractivity (Wildman–Crippen MR) is 54.3 cm³/mol. The molecular formula is C9H8ClFOS. The summed E-state index contributed by atoms with van der Waals surface area (Å²) in [6.07, 6.45) is 0. The third-order valence-corrected chi connectivity index (χ3v) is 2.29. The van der Waals surface area contributed by atoms with E-state index in [0.717, 1.165) is 6.07 Å². The fourth-order valence-corrected chi connectivity index (χ4v) is 1.44. The van der Waals surface area contributed by atoms with Crippen LogP contribution in [0.3, 0.4) is 0 Å². The highest BCUT2D eigenvalue weighted by Crippen LogP contribution is 2.21. The number of hydrogen-bond donors (Lipinski definition) is 1. The first-order valence-corrected chi connectivity index (χ1v) is 4.67. The van der Waals surface area contributed by atoms with Gasteiger partial charge in [-0.1, -0.05) is 11.6 Å². The predicted octanol–water partition coefficient (Wildman–Crippen LogP) is 2.90. The maximum absolute atomic E-state index is 13.0. The van der Waals surface area contributed by atoms with E-state index in [4.69, 9.17) is 11.6 Å². The first kappa shape index (κ1) is 10.5. The van der Waals surface area contributed by atoms with Crippen molar-refractivity contribution in [3.8, 4) is 0 Å². The van der Waals surface area contributed by atoms with Gasteiger partial charge in [-0.3, -0.25) is 4.79 Å². The third-order valence-electron chi connectivity index (χ3n) is 1.69. The van der Waals surface area contributed by atoms with Crippen LogP contribution >= 0.6 is 24.2 Å². The smallest absolute Gasteiger partial charge is 0.174 e. The molecule has 0 amide bonds. The molecule has 70 valence electrons. The molecule has 4 heteroatoms. The van der Waals surface area contributed by atoms with Crippen LogP contribution in [0, 0.1) is 12.7 Å². The van der Waals surface area contributed by atoms with Gasteiger partial charge in [-0.05, 0) is 24.6 Å². The number of Topliss-reactive ketones (excluding diaryl/α,β-unsaturated/α-hetero) is 1. The summed E-state index contributed by atoms with van der Waals surface area (Å²) in [5, 5.41) is 0.276. The maximum atomic E-state index is 13.0. The number of carbonyl (C=O) groups is 1. The number of thiol groups is 1. The summed E-state index contributed by atoms with van der Waals surface area (Å²) in [5.41, 5.74) is 0.625. The molecule has 0 spiro atoms. The van der Waals surface area contributed by atoms with Crippen molar-refractivity contribution in [2.45, 2.75) is 6.92 Å². The van der Waals surface area contributed by atoms with Gasteiger partial charge < -0.3 is 0 Å². The molecule has 13 heavy (non-hydrogen) atoms. The van der Waals surface area contributed by atoms with E-state index < -0.39 is 5.82 Å². The molecule has 0 unspecified atom stereocenters. The largest absolute Gasteiger partial charge is 0.293 e. The molecule has 0 saturated heterocycles. The second-order valence-corrected chi connectivity index (χ2v) is 3.39. The van der Waals surface area contributed by atoms with Crippen LogP contribution in [-0.4, -0.2) is 11.5 Å². The fraction of sp³-hybridized carbons (Fsp3) is 0.222. The minimum atomic E-state index is -0.422. The van der Waals surface area contributed by atoms with Crippen molar-refractivity contribution in [3.63, 3.8) is 0 Å². The summed E-state index contributed by atoms with van der Waals surface area (Å²) in [6.45, 7) is 1.59. The summed E-state index contributed by atoms with van der Waals surface area (Å²) in [7, 11) is 0. The van der Waals surface area contributed by atoms with Crippen molar-refractivity contribution in [2.75, 3.05) is 5.75 Å². The quantitative estimate of drug-likeness (QED) is 0.597. The highest BCUT2D eigenvalue weighted by Gasteiger charge is 2.11. The van der Waals surface area contributed by atoms with Crippen LogP contribution in [0.15, 0.2) is 12.1 Å². The normalized spacial score (nSPS) is 10.2. The Labute approximate surface area is 86.3 Å². The van der Waals surface area contributed by atoms with Gasteiger partial charge in [0.15, 0.2) is 5.78 Å². The number of carbonyl (C=O) groups excluding carboxylic acids is 1. The first-order valence-electron chi connectivity index (χ1n) is 3.66. The number of aryl methyl sites for hydroxylation is 1. The summed E-state index contributed by atoms with van der Waals surface area (Å²) in [5.74, 6) is -0.663. The zero-order chi connectivity index (χ0) is 10.0. The molecule has 0 saturated carbocycles.